The van der Waals surface area contributed by atoms with Crippen LogP contribution in [0, 0.1) is 13.8 Å². The average Bonchev–Trinajstić information content (AvgIpc) is 2.91. The molecule has 5 heteroatoms. The van der Waals surface area contributed by atoms with Gasteiger partial charge < -0.3 is 4.90 Å². The van der Waals surface area contributed by atoms with Gasteiger partial charge in [0.1, 0.15) is 5.65 Å². The summed E-state index contributed by atoms with van der Waals surface area (Å²) in [6.07, 6.45) is 6.11. The molecule has 0 unspecified atom stereocenters. The Morgan fingerprint density at radius 2 is 1.72 bits per heavy atom. The van der Waals surface area contributed by atoms with E-state index in [0.29, 0.717) is 0 Å². The second-order valence-corrected chi connectivity index (χ2v) is 8.58. The first-order chi connectivity index (χ1) is 12.0. The molecule has 0 aliphatic carbocycles. The number of anilines is 1. The summed E-state index contributed by atoms with van der Waals surface area (Å²) in [6.45, 7) is 6.57. The fourth-order valence-electron chi connectivity index (χ4n) is 3.76. The summed E-state index contributed by atoms with van der Waals surface area (Å²) < 4.78 is 4.33. The van der Waals surface area contributed by atoms with Crippen molar-refractivity contribution < 1.29 is 0 Å². The zero-order chi connectivity index (χ0) is 17.6. The number of aromatic nitrogens is 2. The number of nitrogens with zero attached hydrogens (tertiary/aromatic N) is 3. The maximum atomic E-state index is 4.90. The third-order valence-corrected chi connectivity index (χ3v) is 6.05. The number of hydrogen-bond acceptors (Lipinski definition) is 2. The first kappa shape index (κ1) is 17.1. The minimum Gasteiger partial charge on any atom is -0.371 e. The van der Waals surface area contributed by atoms with E-state index in [0.717, 1.165) is 39.1 Å². The van der Waals surface area contributed by atoms with E-state index in [1.165, 1.54) is 35.9 Å². The number of piperidine rings is 1. The highest BCUT2D eigenvalue weighted by atomic mass is 79.9. The van der Waals surface area contributed by atoms with E-state index in [9.17, 15) is 0 Å². The Hall–Kier alpha value is -1.33. The maximum Gasteiger partial charge on any atom is 0.147 e. The van der Waals surface area contributed by atoms with Crippen molar-refractivity contribution in [2.45, 2.75) is 33.1 Å². The Morgan fingerprint density at radius 3 is 2.44 bits per heavy atom. The Kier molecular flexibility index (Phi) is 4.63. The molecule has 25 heavy (non-hydrogen) atoms. The normalized spacial score (nSPS) is 15.1. The number of hydrogen-bond donors (Lipinski definition) is 0. The lowest BCUT2D eigenvalue weighted by molar-refractivity contribution is 0.579. The summed E-state index contributed by atoms with van der Waals surface area (Å²) in [5, 5.41) is 1.28. The van der Waals surface area contributed by atoms with Crippen LogP contribution in [0.2, 0.25) is 0 Å². The number of fused-ring (bicyclic) bond motifs is 1. The average molecular weight is 463 g/mol. The van der Waals surface area contributed by atoms with Crippen molar-refractivity contribution in [2.75, 3.05) is 18.0 Å². The lowest BCUT2D eigenvalue weighted by atomic mass is 10.1. The van der Waals surface area contributed by atoms with Gasteiger partial charge in [-0.05, 0) is 78.9 Å². The lowest BCUT2D eigenvalue weighted by Gasteiger charge is -2.29. The monoisotopic (exact) mass is 461 g/mol. The molecular weight excluding hydrogens is 442 g/mol. The molecular formula is C20H21Br2N3. The Bertz CT molecular complexity index is 940. The zero-order valence-corrected chi connectivity index (χ0v) is 17.7. The van der Waals surface area contributed by atoms with Gasteiger partial charge in [0.25, 0.3) is 0 Å². The van der Waals surface area contributed by atoms with Crippen molar-refractivity contribution in [1.29, 1.82) is 0 Å². The van der Waals surface area contributed by atoms with Crippen LogP contribution in [0.5, 0.6) is 0 Å². The lowest BCUT2D eigenvalue weighted by Crippen LogP contribution is -2.29. The molecule has 0 atom stereocenters. The van der Waals surface area contributed by atoms with Gasteiger partial charge in [0.15, 0.2) is 0 Å². The van der Waals surface area contributed by atoms with Crippen LogP contribution >= 0.6 is 31.9 Å². The zero-order valence-electron chi connectivity index (χ0n) is 14.5. The molecule has 1 aromatic carbocycles. The van der Waals surface area contributed by atoms with Crippen LogP contribution in [0.3, 0.4) is 0 Å². The molecule has 1 aliphatic rings. The van der Waals surface area contributed by atoms with Crippen molar-refractivity contribution in [1.82, 2.24) is 9.55 Å². The van der Waals surface area contributed by atoms with E-state index < -0.39 is 0 Å². The molecule has 0 bridgehead atoms. The third-order valence-electron chi connectivity index (χ3n) is 4.92. The molecule has 0 radical (unpaired) electrons. The van der Waals surface area contributed by atoms with E-state index in [4.69, 9.17) is 4.98 Å². The summed E-state index contributed by atoms with van der Waals surface area (Å²) in [4.78, 5) is 7.43. The van der Waals surface area contributed by atoms with E-state index in [1.807, 2.05) is 0 Å². The van der Waals surface area contributed by atoms with E-state index in [-0.39, 0.29) is 0 Å². The quantitative estimate of drug-likeness (QED) is 0.454. The Morgan fingerprint density at radius 1 is 0.960 bits per heavy atom. The van der Waals surface area contributed by atoms with Crippen molar-refractivity contribution in [3.05, 3.63) is 50.7 Å². The molecule has 3 heterocycles. The van der Waals surface area contributed by atoms with Gasteiger partial charge in [-0.1, -0.05) is 15.9 Å². The van der Waals surface area contributed by atoms with Crippen LogP contribution in [-0.4, -0.2) is 22.6 Å². The largest absolute Gasteiger partial charge is 0.371 e. The molecule has 0 saturated carbocycles. The van der Waals surface area contributed by atoms with Gasteiger partial charge in [-0.2, -0.15) is 0 Å². The van der Waals surface area contributed by atoms with Crippen molar-refractivity contribution >= 4 is 48.6 Å². The topological polar surface area (TPSA) is 21.1 Å². The number of pyridine rings is 1. The molecule has 1 aliphatic heterocycles. The summed E-state index contributed by atoms with van der Waals surface area (Å²) in [7, 11) is 0. The summed E-state index contributed by atoms with van der Waals surface area (Å²) >= 11 is 7.24. The second kappa shape index (κ2) is 6.76. The minimum atomic E-state index is 1.04. The molecule has 0 spiro atoms. The molecule has 0 amide bonds. The molecule has 4 rings (SSSR count). The number of halogens is 2. The van der Waals surface area contributed by atoms with Gasteiger partial charge in [-0.3, -0.25) is 4.57 Å². The van der Waals surface area contributed by atoms with Gasteiger partial charge in [-0.25, -0.2) is 4.98 Å². The van der Waals surface area contributed by atoms with Crippen LogP contribution < -0.4 is 4.90 Å². The van der Waals surface area contributed by atoms with Crippen LogP contribution in [0.15, 0.2) is 39.4 Å². The van der Waals surface area contributed by atoms with Crippen LogP contribution in [0.25, 0.3) is 16.7 Å². The Balaban J connectivity index is 1.94. The third kappa shape index (κ3) is 3.13. The maximum absolute atomic E-state index is 4.90. The van der Waals surface area contributed by atoms with E-state index in [1.54, 1.807) is 0 Å². The second-order valence-electron chi connectivity index (χ2n) is 6.81. The predicted octanol–water partition coefficient (Wildman–Crippen LogP) is 6.16. The summed E-state index contributed by atoms with van der Waals surface area (Å²) in [5.41, 5.74) is 5.84. The van der Waals surface area contributed by atoms with Crippen LogP contribution in [0.1, 0.15) is 30.5 Å². The van der Waals surface area contributed by atoms with Crippen molar-refractivity contribution in [2.24, 2.45) is 0 Å². The van der Waals surface area contributed by atoms with Crippen LogP contribution in [-0.2, 0) is 0 Å². The standard InChI is InChI=1S/C20H21Br2N3/c1-13-12-25(17-7-6-15(21)11-16(17)22)20-19(13)18(10-14(2)23-20)24-8-4-3-5-9-24/h6-7,10-12H,3-5,8-9H2,1-2H3. The molecule has 1 fully saturated rings. The summed E-state index contributed by atoms with van der Waals surface area (Å²) in [6, 6.07) is 8.53. The molecule has 1 saturated heterocycles. The number of aryl methyl sites for hydroxylation is 2. The fraction of sp³-hybridized carbons (Fsp3) is 0.350. The Labute approximate surface area is 165 Å². The van der Waals surface area contributed by atoms with E-state index >= 15 is 0 Å². The highest BCUT2D eigenvalue weighted by Gasteiger charge is 2.20. The van der Waals surface area contributed by atoms with Gasteiger partial charge in [0.2, 0.25) is 0 Å². The molecule has 3 nitrogen and oxygen atoms in total. The smallest absolute Gasteiger partial charge is 0.147 e. The molecule has 3 aromatic rings. The molecule has 0 N–H and O–H groups in total. The van der Waals surface area contributed by atoms with Crippen molar-refractivity contribution in [3.8, 4) is 5.69 Å². The van der Waals surface area contributed by atoms with E-state index in [2.05, 4.69) is 85.6 Å². The molecule has 2 aromatic heterocycles. The van der Waals surface area contributed by atoms with Gasteiger partial charge in [0, 0.05) is 45.0 Å². The van der Waals surface area contributed by atoms with Gasteiger partial charge in [-0.15, -0.1) is 0 Å². The first-order valence-corrected chi connectivity index (χ1v) is 10.3. The van der Waals surface area contributed by atoms with Crippen molar-refractivity contribution in [3.63, 3.8) is 0 Å². The fourth-order valence-corrected chi connectivity index (χ4v) is 4.99. The highest BCUT2D eigenvalue weighted by Crippen LogP contribution is 2.35. The number of benzene rings is 1. The minimum absolute atomic E-state index is 1.04. The molecule has 130 valence electrons. The SMILES string of the molecule is Cc1cc(N2CCCCC2)c2c(C)cn(-c3ccc(Br)cc3Br)c2n1. The first-order valence-electron chi connectivity index (χ1n) is 8.74. The predicted molar refractivity (Wildman–Crippen MR) is 112 cm³/mol. The van der Waals surface area contributed by atoms with Gasteiger partial charge >= 0.3 is 0 Å². The summed E-state index contributed by atoms with van der Waals surface area (Å²) in [5.74, 6) is 0. The van der Waals surface area contributed by atoms with Gasteiger partial charge in [0.05, 0.1) is 5.69 Å². The number of rotatable bonds is 2. The van der Waals surface area contributed by atoms with Crippen LogP contribution in [0.4, 0.5) is 5.69 Å². The highest BCUT2D eigenvalue weighted by molar-refractivity contribution is 9.11.